The lowest BCUT2D eigenvalue weighted by atomic mass is 10.1. The van der Waals surface area contributed by atoms with Crippen LogP contribution in [0.15, 0.2) is 66.2 Å². The summed E-state index contributed by atoms with van der Waals surface area (Å²) in [6.07, 6.45) is 2.20. The second-order valence-corrected chi connectivity index (χ2v) is 8.73. The molecular weight excluding hydrogens is 503 g/mol. The molecule has 1 N–H and O–H groups in total. The fraction of sp³-hybridized carbons (Fsp3) is 0.148. The van der Waals surface area contributed by atoms with Gasteiger partial charge < -0.3 is 9.47 Å². The molecule has 0 atom stereocenters. The van der Waals surface area contributed by atoms with E-state index in [9.17, 15) is 14.4 Å². The topological polar surface area (TPSA) is 84.9 Å². The lowest BCUT2D eigenvalue weighted by Gasteiger charge is -2.26. The third kappa shape index (κ3) is 5.37. The van der Waals surface area contributed by atoms with Gasteiger partial charge in [-0.1, -0.05) is 48.3 Å². The highest BCUT2D eigenvalue weighted by molar-refractivity contribution is 6.42. The van der Waals surface area contributed by atoms with E-state index in [-0.39, 0.29) is 12.2 Å². The van der Waals surface area contributed by atoms with Crippen molar-refractivity contribution in [3.05, 3.63) is 93.0 Å². The molecule has 1 aliphatic rings. The Kier molecular flexibility index (Phi) is 7.62. The number of ether oxygens (including phenoxy) is 2. The second kappa shape index (κ2) is 10.8. The number of anilines is 1. The Bertz CT molecular complexity index is 1370. The summed E-state index contributed by atoms with van der Waals surface area (Å²) in [6.45, 7) is 2.15. The number of carbonyl (C=O) groups is 3. The van der Waals surface area contributed by atoms with Crippen LogP contribution in [0.4, 0.5) is 10.5 Å². The number of halogens is 2. The van der Waals surface area contributed by atoms with Gasteiger partial charge in [0.1, 0.15) is 23.7 Å². The summed E-state index contributed by atoms with van der Waals surface area (Å²) in [4.78, 5) is 39.4. The fourth-order valence-electron chi connectivity index (χ4n) is 3.60. The van der Waals surface area contributed by atoms with Crippen molar-refractivity contribution >= 4 is 52.8 Å². The maximum Gasteiger partial charge on any atom is 0.335 e. The van der Waals surface area contributed by atoms with Crippen LogP contribution in [0.5, 0.6) is 11.5 Å². The average Bonchev–Trinajstić information content (AvgIpc) is 2.88. The maximum atomic E-state index is 13.3. The van der Waals surface area contributed by atoms with Gasteiger partial charge in [0, 0.05) is 11.6 Å². The number of carbonyl (C=O) groups excluding carboxylic acids is 3. The van der Waals surface area contributed by atoms with E-state index >= 15 is 0 Å². The van der Waals surface area contributed by atoms with Crippen molar-refractivity contribution in [2.45, 2.75) is 20.0 Å². The zero-order valence-electron chi connectivity index (χ0n) is 19.5. The first-order chi connectivity index (χ1) is 17.3. The normalized spacial score (nSPS) is 14.7. The van der Waals surface area contributed by atoms with E-state index in [1.54, 1.807) is 48.5 Å². The smallest absolute Gasteiger partial charge is 0.335 e. The van der Waals surface area contributed by atoms with Crippen LogP contribution in [0.1, 0.15) is 23.6 Å². The van der Waals surface area contributed by atoms with E-state index in [2.05, 4.69) is 5.32 Å². The van der Waals surface area contributed by atoms with Gasteiger partial charge in [-0.3, -0.25) is 14.9 Å². The number of hydrogen-bond donors (Lipinski definition) is 1. The van der Waals surface area contributed by atoms with Crippen LogP contribution in [0.3, 0.4) is 0 Å². The third-order valence-electron chi connectivity index (χ3n) is 5.60. The maximum absolute atomic E-state index is 13.3. The predicted molar refractivity (Wildman–Crippen MR) is 139 cm³/mol. The van der Waals surface area contributed by atoms with Gasteiger partial charge in [-0.15, -0.1) is 0 Å². The van der Waals surface area contributed by atoms with Gasteiger partial charge in [0.15, 0.2) is 0 Å². The van der Waals surface area contributed by atoms with Gasteiger partial charge in [0.25, 0.3) is 11.8 Å². The molecule has 1 fully saturated rings. The number of urea groups is 1. The van der Waals surface area contributed by atoms with Gasteiger partial charge in [0.2, 0.25) is 0 Å². The summed E-state index contributed by atoms with van der Waals surface area (Å²) in [7, 11) is 1.52. The van der Waals surface area contributed by atoms with Crippen molar-refractivity contribution in [3.63, 3.8) is 0 Å². The van der Waals surface area contributed by atoms with Crippen molar-refractivity contribution in [2.24, 2.45) is 0 Å². The molecule has 0 radical (unpaired) electrons. The van der Waals surface area contributed by atoms with Crippen LogP contribution in [0.2, 0.25) is 10.0 Å². The Morgan fingerprint density at radius 1 is 0.917 bits per heavy atom. The van der Waals surface area contributed by atoms with Gasteiger partial charge in [-0.2, -0.15) is 0 Å². The van der Waals surface area contributed by atoms with Gasteiger partial charge in [0.05, 0.1) is 22.8 Å². The van der Waals surface area contributed by atoms with Crippen molar-refractivity contribution in [1.29, 1.82) is 0 Å². The van der Waals surface area contributed by atoms with Crippen LogP contribution in [-0.2, 0) is 22.6 Å². The van der Waals surface area contributed by atoms with Crippen LogP contribution in [0.25, 0.3) is 6.08 Å². The molecule has 3 aromatic carbocycles. The lowest BCUT2D eigenvalue weighted by Crippen LogP contribution is -2.54. The minimum Gasteiger partial charge on any atom is -0.497 e. The average molecular weight is 525 g/mol. The zero-order chi connectivity index (χ0) is 25.8. The van der Waals surface area contributed by atoms with Crippen molar-refractivity contribution in [3.8, 4) is 11.5 Å². The SMILES string of the molecule is CCc1ccc(N2C(=O)NC(=O)/C(=C\c3ccc(OC)cc3OCc3ccc(Cl)c(Cl)c3)C2=O)cc1. The number of benzene rings is 3. The number of aryl methyl sites for hydroxylation is 1. The quantitative estimate of drug-likeness (QED) is 0.311. The predicted octanol–water partition coefficient (Wildman–Crippen LogP) is 5.81. The number of imide groups is 2. The Balaban J connectivity index is 1.67. The Labute approximate surface area is 218 Å². The highest BCUT2D eigenvalue weighted by Gasteiger charge is 2.37. The summed E-state index contributed by atoms with van der Waals surface area (Å²) in [5, 5.41) is 3.06. The summed E-state index contributed by atoms with van der Waals surface area (Å²) < 4.78 is 11.3. The van der Waals surface area contributed by atoms with Crippen LogP contribution in [0, 0.1) is 0 Å². The molecule has 4 rings (SSSR count). The number of nitrogens with one attached hydrogen (secondary N) is 1. The first kappa shape index (κ1) is 25.3. The number of rotatable bonds is 7. The molecule has 0 aliphatic carbocycles. The highest BCUT2D eigenvalue weighted by Crippen LogP contribution is 2.30. The molecule has 7 nitrogen and oxygen atoms in total. The van der Waals surface area contributed by atoms with Crippen LogP contribution < -0.4 is 19.7 Å². The Morgan fingerprint density at radius 2 is 1.64 bits per heavy atom. The number of amides is 4. The van der Waals surface area contributed by atoms with E-state index in [0.29, 0.717) is 32.8 Å². The van der Waals surface area contributed by atoms with Gasteiger partial charge in [-0.05, 0) is 60.0 Å². The molecule has 0 unspecified atom stereocenters. The molecule has 9 heteroatoms. The molecule has 36 heavy (non-hydrogen) atoms. The Hall–Kier alpha value is -3.81. The summed E-state index contributed by atoms with van der Waals surface area (Å²) in [5.74, 6) is -0.644. The lowest BCUT2D eigenvalue weighted by molar-refractivity contribution is -0.122. The summed E-state index contributed by atoms with van der Waals surface area (Å²) in [5.41, 5.74) is 2.42. The monoisotopic (exact) mass is 524 g/mol. The molecule has 1 heterocycles. The Morgan fingerprint density at radius 3 is 2.31 bits per heavy atom. The van der Waals surface area contributed by atoms with E-state index in [1.807, 2.05) is 19.1 Å². The first-order valence-electron chi connectivity index (χ1n) is 11.1. The van der Waals surface area contributed by atoms with E-state index < -0.39 is 17.8 Å². The number of nitrogens with zero attached hydrogens (tertiary/aromatic N) is 1. The van der Waals surface area contributed by atoms with Gasteiger partial charge >= 0.3 is 6.03 Å². The number of methoxy groups -OCH3 is 1. The molecule has 4 amide bonds. The molecule has 0 spiro atoms. The van der Waals surface area contributed by atoms with Crippen molar-refractivity contribution in [2.75, 3.05) is 12.0 Å². The summed E-state index contributed by atoms with van der Waals surface area (Å²) in [6, 6.07) is 16.3. The summed E-state index contributed by atoms with van der Waals surface area (Å²) >= 11 is 12.1. The molecular formula is C27H22Cl2N2O5. The van der Waals surface area contributed by atoms with Gasteiger partial charge in [-0.25, -0.2) is 9.69 Å². The standard InChI is InChI=1S/C27H22Cl2N2O5/c1-3-16-4-8-19(9-5-16)31-26(33)21(25(32)30-27(31)34)13-18-7-10-20(35-2)14-24(18)36-15-17-6-11-22(28)23(29)12-17/h4-14H,3,15H2,1-2H3,(H,30,32,34)/b21-13+. The van der Waals surface area contributed by atoms with Crippen molar-refractivity contribution < 1.29 is 23.9 Å². The first-order valence-corrected chi connectivity index (χ1v) is 11.8. The number of hydrogen-bond acceptors (Lipinski definition) is 5. The van der Waals surface area contributed by atoms with E-state index in [1.165, 1.54) is 13.2 Å². The third-order valence-corrected chi connectivity index (χ3v) is 6.34. The largest absolute Gasteiger partial charge is 0.497 e. The minimum atomic E-state index is -0.808. The number of barbiturate groups is 1. The molecule has 0 bridgehead atoms. The minimum absolute atomic E-state index is 0.148. The molecule has 0 saturated carbocycles. The molecule has 0 aromatic heterocycles. The molecule has 184 valence electrons. The second-order valence-electron chi connectivity index (χ2n) is 7.92. The fourth-order valence-corrected chi connectivity index (χ4v) is 3.93. The molecule has 1 aliphatic heterocycles. The van der Waals surface area contributed by atoms with Crippen LogP contribution >= 0.6 is 23.2 Å². The van der Waals surface area contributed by atoms with E-state index in [0.717, 1.165) is 22.4 Å². The van der Waals surface area contributed by atoms with Crippen molar-refractivity contribution in [1.82, 2.24) is 5.32 Å². The highest BCUT2D eigenvalue weighted by atomic mass is 35.5. The molecule has 3 aromatic rings. The van der Waals surface area contributed by atoms with Crippen LogP contribution in [-0.4, -0.2) is 25.0 Å². The molecule has 1 saturated heterocycles. The van der Waals surface area contributed by atoms with E-state index in [4.69, 9.17) is 32.7 Å². The zero-order valence-corrected chi connectivity index (χ0v) is 21.0.